The molecule has 2 aromatic rings. The highest BCUT2D eigenvalue weighted by atomic mass is 16.6. The second-order valence-electron chi connectivity index (χ2n) is 6.75. The van der Waals surface area contributed by atoms with E-state index in [1.54, 1.807) is 31.4 Å². The van der Waals surface area contributed by atoms with E-state index in [2.05, 4.69) is 5.32 Å². The van der Waals surface area contributed by atoms with Gasteiger partial charge in [-0.25, -0.2) is 4.79 Å². The van der Waals surface area contributed by atoms with Crippen LogP contribution in [0.1, 0.15) is 29.8 Å². The summed E-state index contributed by atoms with van der Waals surface area (Å²) in [4.78, 5) is 24.8. The fourth-order valence-electron chi connectivity index (χ4n) is 2.49. The molecule has 6 nitrogen and oxygen atoms in total. The van der Waals surface area contributed by atoms with Crippen LogP contribution in [0.15, 0.2) is 48.5 Å². The molecule has 28 heavy (non-hydrogen) atoms. The van der Waals surface area contributed by atoms with E-state index in [9.17, 15) is 9.59 Å². The predicted molar refractivity (Wildman–Crippen MR) is 107 cm³/mol. The van der Waals surface area contributed by atoms with Gasteiger partial charge < -0.3 is 19.5 Å². The van der Waals surface area contributed by atoms with E-state index in [0.717, 1.165) is 11.3 Å². The first-order valence-electron chi connectivity index (χ1n) is 9.21. The van der Waals surface area contributed by atoms with Gasteiger partial charge in [0, 0.05) is 5.56 Å². The number of ether oxygens (including phenoxy) is 3. The molecule has 0 fully saturated rings. The zero-order chi connectivity index (χ0) is 20.5. The van der Waals surface area contributed by atoms with Gasteiger partial charge in [0.2, 0.25) is 0 Å². The van der Waals surface area contributed by atoms with Gasteiger partial charge in [0.25, 0.3) is 5.91 Å². The number of hydrogen-bond acceptors (Lipinski definition) is 5. The van der Waals surface area contributed by atoms with Crippen LogP contribution in [0.4, 0.5) is 0 Å². The predicted octanol–water partition coefficient (Wildman–Crippen LogP) is 3.38. The molecule has 0 aliphatic rings. The first-order valence-corrected chi connectivity index (χ1v) is 9.21. The Morgan fingerprint density at radius 3 is 2.11 bits per heavy atom. The summed E-state index contributed by atoms with van der Waals surface area (Å²) in [6, 6.07) is 13.6. The Kier molecular flexibility index (Phi) is 7.87. The number of hydrogen-bond donors (Lipinski definition) is 1. The average molecular weight is 385 g/mol. The fraction of sp³-hybridized carbons (Fsp3) is 0.364. The van der Waals surface area contributed by atoms with Crippen LogP contribution < -0.4 is 14.8 Å². The maximum absolute atomic E-state index is 12.4. The van der Waals surface area contributed by atoms with Crippen molar-refractivity contribution < 1.29 is 23.8 Å². The molecular weight excluding hydrogens is 358 g/mol. The number of nitrogens with one attached hydrogen (secondary N) is 1. The van der Waals surface area contributed by atoms with Crippen molar-refractivity contribution in [1.29, 1.82) is 0 Å². The Hall–Kier alpha value is -3.02. The maximum atomic E-state index is 12.4. The molecule has 2 rings (SSSR count). The standard InChI is InChI=1S/C22H27NO5/c1-15(2)20(23-21(24)17-7-11-18(26-4)12-8-17)22(25)28-14-13-27-19-9-5-16(3)6-10-19/h5-12,15,20H,13-14H2,1-4H3,(H,23,24)/t20-/m0/s1. The third-order valence-corrected chi connectivity index (χ3v) is 4.18. The van der Waals surface area contributed by atoms with Crippen LogP contribution in [0.3, 0.4) is 0 Å². The van der Waals surface area contributed by atoms with E-state index in [1.807, 2.05) is 45.0 Å². The lowest BCUT2D eigenvalue weighted by Gasteiger charge is -2.21. The molecule has 0 aliphatic heterocycles. The van der Waals surface area contributed by atoms with E-state index < -0.39 is 12.0 Å². The molecule has 0 bridgehead atoms. The Morgan fingerprint density at radius 2 is 1.54 bits per heavy atom. The quantitative estimate of drug-likeness (QED) is 0.529. The van der Waals surface area contributed by atoms with E-state index in [-0.39, 0.29) is 25.0 Å². The molecule has 0 spiro atoms. The van der Waals surface area contributed by atoms with Gasteiger partial charge in [-0.2, -0.15) is 0 Å². The van der Waals surface area contributed by atoms with Gasteiger partial charge in [0.15, 0.2) is 0 Å². The molecule has 0 aromatic heterocycles. The van der Waals surface area contributed by atoms with E-state index in [0.29, 0.717) is 11.3 Å². The van der Waals surface area contributed by atoms with Gasteiger partial charge in [-0.05, 0) is 49.2 Å². The molecule has 1 amide bonds. The molecule has 1 N–H and O–H groups in total. The first kappa shape index (κ1) is 21.3. The van der Waals surface area contributed by atoms with Crippen LogP contribution in [0.2, 0.25) is 0 Å². The van der Waals surface area contributed by atoms with Crippen LogP contribution in [0.5, 0.6) is 11.5 Å². The van der Waals surface area contributed by atoms with Crippen LogP contribution in [0, 0.1) is 12.8 Å². The van der Waals surface area contributed by atoms with E-state index in [4.69, 9.17) is 14.2 Å². The molecule has 150 valence electrons. The summed E-state index contributed by atoms with van der Waals surface area (Å²) in [5.41, 5.74) is 1.59. The molecule has 0 saturated heterocycles. The molecule has 1 atom stereocenters. The molecule has 0 aliphatic carbocycles. The largest absolute Gasteiger partial charge is 0.497 e. The SMILES string of the molecule is COc1ccc(C(=O)N[C@H](C(=O)OCCOc2ccc(C)cc2)C(C)C)cc1. The molecule has 0 radical (unpaired) electrons. The highest BCUT2D eigenvalue weighted by Gasteiger charge is 2.26. The fourth-order valence-corrected chi connectivity index (χ4v) is 2.49. The van der Waals surface area contributed by atoms with Gasteiger partial charge >= 0.3 is 5.97 Å². The molecular formula is C22H27NO5. The van der Waals surface area contributed by atoms with Crippen molar-refractivity contribution in [2.24, 2.45) is 5.92 Å². The second kappa shape index (κ2) is 10.3. The van der Waals surface area contributed by atoms with Crippen molar-refractivity contribution in [2.75, 3.05) is 20.3 Å². The van der Waals surface area contributed by atoms with Crippen molar-refractivity contribution in [3.63, 3.8) is 0 Å². The summed E-state index contributed by atoms with van der Waals surface area (Å²) >= 11 is 0. The minimum atomic E-state index is -0.742. The summed E-state index contributed by atoms with van der Waals surface area (Å²) in [6.45, 7) is 6.05. The Labute approximate surface area is 165 Å². The number of benzene rings is 2. The summed E-state index contributed by atoms with van der Waals surface area (Å²) in [6.07, 6.45) is 0. The number of esters is 1. The number of methoxy groups -OCH3 is 1. The normalized spacial score (nSPS) is 11.6. The smallest absolute Gasteiger partial charge is 0.329 e. The Bertz CT molecular complexity index is 769. The van der Waals surface area contributed by atoms with Crippen LogP contribution in [-0.2, 0) is 9.53 Å². The zero-order valence-electron chi connectivity index (χ0n) is 16.7. The van der Waals surface area contributed by atoms with Gasteiger partial charge in [0.1, 0.15) is 30.8 Å². The Balaban J connectivity index is 1.84. The Morgan fingerprint density at radius 1 is 0.929 bits per heavy atom. The van der Waals surface area contributed by atoms with Gasteiger partial charge in [0.05, 0.1) is 7.11 Å². The van der Waals surface area contributed by atoms with Crippen LogP contribution in [0.25, 0.3) is 0 Å². The highest BCUT2D eigenvalue weighted by molar-refractivity contribution is 5.96. The number of amides is 1. The number of aryl methyl sites for hydroxylation is 1. The van der Waals surface area contributed by atoms with Crippen molar-refractivity contribution in [3.8, 4) is 11.5 Å². The van der Waals surface area contributed by atoms with Crippen molar-refractivity contribution in [3.05, 3.63) is 59.7 Å². The second-order valence-corrected chi connectivity index (χ2v) is 6.75. The lowest BCUT2D eigenvalue weighted by atomic mass is 10.0. The lowest BCUT2D eigenvalue weighted by molar-refractivity contribution is -0.147. The van der Waals surface area contributed by atoms with Gasteiger partial charge in [-0.1, -0.05) is 31.5 Å². The molecule has 2 aromatic carbocycles. The number of carbonyl (C=O) groups is 2. The highest BCUT2D eigenvalue weighted by Crippen LogP contribution is 2.13. The summed E-state index contributed by atoms with van der Waals surface area (Å²) < 4.78 is 15.9. The minimum absolute atomic E-state index is 0.105. The van der Waals surface area contributed by atoms with E-state index in [1.165, 1.54) is 0 Å². The van der Waals surface area contributed by atoms with Gasteiger partial charge in [-0.15, -0.1) is 0 Å². The maximum Gasteiger partial charge on any atom is 0.329 e. The minimum Gasteiger partial charge on any atom is -0.497 e. The summed E-state index contributed by atoms with van der Waals surface area (Å²) in [5, 5.41) is 2.74. The van der Waals surface area contributed by atoms with Crippen LogP contribution in [-0.4, -0.2) is 38.2 Å². The molecule has 0 heterocycles. The lowest BCUT2D eigenvalue weighted by Crippen LogP contribution is -2.45. The van der Waals surface area contributed by atoms with Crippen molar-refractivity contribution >= 4 is 11.9 Å². The molecule has 6 heteroatoms. The van der Waals surface area contributed by atoms with Gasteiger partial charge in [-0.3, -0.25) is 4.79 Å². The third kappa shape index (κ3) is 6.30. The summed E-state index contributed by atoms with van der Waals surface area (Å²) in [7, 11) is 1.56. The van der Waals surface area contributed by atoms with Crippen LogP contribution >= 0.6 is 0 Å². The number of rotatable bonds is 9. The average Bonchev–Trinajstić information content (AvgIpc) is 2.70. The van der Waals surface area contributed by atoms with Crippen molar-refractivity contribution in [2.45, 2.75) is 26.8 Å². The molecule has 0 unspecified atom stereocenters. The third-order valence-electron chi connectivity index (χ3n) is 4.18. The zero-order valence-corrected chi connectivity index (χ0v) is 16.7. The van der Waals surface area contributed by atoms with Crippen molar-refractivity contribution in [1.82, 2.24) is 5.32 Å². The summed E-state index contributed by atoms with van der Waals surface area (Å²) in [5.74, 6) is 0.436. The van der Waals surface area contributed by atoms with E-state index >= 15 is 0 Å². The first-order chi connectivity index (χ1) is 13.4. The monoisotopic (exact) mass is 385 g/mol. The molecule has 0 saturated carbocycles. The topological polar surface area (TPSA) is 73.9 Å². The number of carbonyl (C=O) groups excluding carboxylic acids is 2.